The van der Waals surface area contributed by atoms with Crippen molar-refractivity contribution in [3.8, 4) is 0 Å². The number of halogens is 1. The van der Waals surface area contributed by atoms with Crippen LogP contribution in [0.1, 0.15) is 52.1 Å². The van der Waals surface area contributed by atoms with Gasteiger partial charge in [0.2, 0.25) is 0 Å². The largest absolute Gasteiger partial charge is 0.350 e. The first-order valence-electron chi connectivity index (χ1n) is 11.1. The minimum atomic E-state index is -4.08. The topological polar surface area (TPSA) is 104 Å². The lowest BCUT2D eigenvalue weighted by Crippen LogP contribution is -2.32. The molecule has 0 aliphatic rings. The van der Waals surface area contributed by atoms with E-state index in [-0.39, 0.29) is 27.4 Å². The molecule has 0 aliphatic heterocycles. The second kappa shape index (κ2) is 10.9. The maximum atomic E-state index is 13.1. The fraction of sp³-hybridized carbons (Fsp3) is 0.231. The first-order chi connectivity index (χ1) is 16.5. The van der Waals surface area contributed by atoms with Crippen LogP contribution in [-0.4, -0.2) is 26.3 Å². The highest BCUT2D eigenvalue weighted by molar-refractivity contribution is 7.92. The molecule has 1 unspecified atom stereocenters. The molecule has 0 spiro atoms. The third kappa shape index (κ3) is 6.41. The van der Waals surface area contributed by atoms with Crippen molar-refractivity contribution < 1.29 is 18.0 Å². The van der Waals surface area contributed by atoms with Crippen molar-refractivity contribution in [3.63, 3.8) is 0 Å². The molecule has 3 N–H and O–H groups in total. The number of carbonyl (C=O) groups is 2. The van der Waals surface area contributed by atoms with E-state index >= 15 is 0 Å². The molecule has 184 valence electrons. The monoisotopic (exact) mass is 513 g/mol. The minimum Gasteiger partial charge on any atom is -0.350 e. The van der Waals surface area contributed by atoms with Crippen LogP contribution in [-0.2, 0) is 10.0 Å². The molecule has 0 bridgehead atoms. The molecular formula is C26H28ClN3O4S. The van der Waals surface area contributed by atoms with Gasteiger partial charge in [0.05, 0.1) is 22.0 Å². The third-order valence-electron chi connectivity index (χ3n) is 5.53. The van der Waals surface area contributed by atoms with Crippen LogP contribution in [0.5, 0.6) is 0 Å². The Kier molecular flexibility index (Phi) is 8.19. The van der Waals surface area contributed by atoms with Gasteiger partial charge in [-0.05, 0) is 74.7 Å². The molecule has 2 amide bonds. The third-order valence-corrected chi connectivity index (χ3v) is 7.38. The summed E-state index contributed by atoms with van der Waals surface area (Å²) in [5.41, 5.74) is 2.76. The zero-order chi connectivity index (χ0) is 25.8. The van der Waals surface area contributed by atoms with Crippen molar-refractivity contribution in [3.05, 3.63) is 87.9 Å². The van der Waals surface area contributed by atoms with Gasteiger partial charge in [-0.15, -0.1) is 0 Å². The van der Waals surface area contributed by atoms with Crippen LogP contribution in [0.4, 0.5) is 11.4 Å². The Hall–Kier alpha value is -3.36. The van der Waals surface area contributed by atoms with Gasteiger partial charge in [-0.1, -0.05) is 42.8 Å². The van der Waals surface area contributed by atoms with Crippen LogP contribution in [0.2, 0.25) is 5.02 Å². The van der Waals surface area contributed by atoms with Gasteiger partial charge >= 0.3 is 0 Å². The molecule has 3 aromatic rings. The number of hydrogen-bond acceptors (Lipinski definition) is 4. The lowest BCUT2D eigenvalue weighted by molar-refractivity contribution is 0.0940. The summed E-state index contributed by atoms with van der Waals surface area (Å²) in [4.78, 5) is 25.4. The van der Waals surface area contributed by atoms with Crippen molar-refractivity contribution in [2.24, 2.45) is 0 Å². The lowest BCUT2D eigenvalue weighted by atomic mass is 10.1. The average molecular weight is 514 g/mol. The van der Waals surface area contributed by atoms with Crippen molar-refractivity contribution >= 4 is 44.8 Å². The Bertz CT molecular complexity index is 1370. The van der Waals surface area contributed by atoms with E-state index in [0.29, 0.717) is 16.9 Å². The Morgan fingerprint density at radius 2 is 1.66 bits per heavy atom. The molecule has 1 atom stereocenters. The van der Waals surface area contributed by atoms with Crippen molar-refractivity contribution in [2.45, 2.75) is 45.1 Å². The number of benzene rings is 3. The van der Waals surface area contributed by atoms with E-state index < -0.39 is 15.9 Å². The predicted molar refractivity (Wildman–Crippen MR) is 140 cm³/mol. The molecule has 7 nitrogen and oxygen atoms in total. The molecule has 0 aliphatic carbocycles. The summed E-state index contributed by atoms with van der Waals surface area (Å²) in [7, 11) is -4.08. The number of sulfonamides is 1. The van der Waals surface area contributed by atoms with E-state index in [1.807, 2.05) is 32.9 Å². The molecule has 35 heavy (non-hydrogen) atoms. The highest BCUT2D eigenvalue weighted by Crippen LogP contribution is 2.27. The standard InChI is InChI=1S/C26H28ClN3O4S/c1-5-18(4)28-26(32)20-8-6-7-9-22(20)29-25(31)19-12-13-21(27)24(15-19)35(33,34)30-23-14-16(2)10-11-17(23)3/h6-15,18,30H,5H2,1-4H3,(H,28,32)(H,29,31). The SMILES string of the molecule is CCC(C)NC(=O)c1ccccc1NC(=O)c1ccc(Cl)c(S(=O)(=O)Nc2cc(C)ccc2C)c1. The maximum absolute atomic E-state index is 13.1. The van der Waals surface area contributed by atoms with Gasteiger partial charge in [-0.3, -0.25) is 14.3 Å². The highest BCUT2D eigenvalue weighted by Gasteiger charge is 2.22. The fourth-order valence-corrected chi connectivity index (χ4v) is 4.93. The number of amides is 2. The van der Waals surface area contributed by atoms with Crippen LogP contribution in [0.15, 0.2) is 65.6 Å². The maximum Gasteiger partial charge on any atom is 0.263 e. The Labute approximate surface area is 211 Å². The summed E-state index contributed by atoms with van der Waals surface area (Å²) in [6.45, 7) is 7.49. The van der Waals surface area contributed by atoms with E-state index in [9.17, 15) is 18.0 Å². The van der Waals surface area contributed by atoms with Crippen LogP contribution in [0.3, 0.4) is 0 Å². The number of anilines is 2. The van der Waals surface area contributed by atoms with Gasteiger partial charge < -0.3 is 10.6 Å². The minimum absolute atomic E-state index is 0.0207. The summed E-state index contributed by atoms with van der Waals surface area (Å²) in [5, 5.41) is 5.56. The van der Waals surface area contributed by atoms with E-state index in [1.54, 1.807) is 37.3 Å². The van der Waals surface area contributed by atoms with Crippen molar-refractivity contribution in [2.75, 3.05) is 10.0 Å². The summed E-state index contributed by atoms with van der Waals surface area (Å²) < 4.78 is 28.8. The zero-order valence-corrected chi connectivity index (χ0v) is 21.5. The molecule has 0 saturated heterocycles. The van der Waals surface area contributed by atoms with Gasteiger partial charge in [0.1, 0.15) is 4.90 Å². The average Bonchev–Trinajstić information content (AvgIpc) is 2.81. The highest BCUT2D eigenvalue weighted by atomic mass is 35.5. The molecule has 3 aromatic carbocycles. The Morgan fingerprint density at radius 3 is 2.37 bits per heavy atom. The number of aryl methyl sites for hydroxylation is 2. The number of hydrogen-bond donors (Lipinski definition) is 3. The number of rotatable bonds is 8. The van der Waals surface area contributed by atoms with Gasteiger partial charge in [0.15, 0.2) is 0 Å². The van der Waals surface area contributed by atoms with Crippen molar-refractivity contribution in [1.82, 2.24) is 5.32 Å². The molecule has 0 heterocycles. The first kappa shape index (κ1) is 26.2. The van der Waals surface area contributed by atoms with Gasteiger partial charge in [0, 0.05) is 11.6 Å². The van der Waals surface area contributed by atoms with E-state index in [4.69, 9.17) is 11.6 Å². The summed E-state index contributed by atoms with van der Waals surface area (Å²) in [6, 6.07) is 16.0. The molecule has 0 fully saturated rings. The lowest BCUT2D eigenvalue weighted by Gasteiger charge is -2.15. The van der Waals surface area contributed by atoms with Crippen LogP contribution >= 0.6 is 11.6 Å². The summed E-state index contributed by atoms with van der Waals surface area (Å²) in [6.07, 6.45) is 0.762. The smallest absolute Gasteiger partial charge is 0.263 e. The molecule has 3 rings (SSSR count). The normalized spacial score (nSPS) is 12.0. The van der Waals surface area contributed by atoms with Crippen LogP contribution in [0, 0.1) is 13.8 Å². The van der Waals surface area contributed by atoms with Gasteiger partial charge in [0.25, 0.3) is 21.8 Å². The number of carbonyl (C=O) groups excluding carboxylic acids is 2. The van der Waals surface area contributed by atoms with E-state index in [1.165, 1.54) is 18.2 Å². The van der Waals surface area contributed by atoms with E-state index in [0.717, 1.165) is 17.5 Å². The Morgan fingerprint density at radius 1 is 0.943 bits per heavy atom. The summed E-state index contributed by atoms with van der Waals surface area (Å²) in [5.74, 6) is -0.888. The van der Waals surface area contributed by atoms with Crippen molar-refractivity contribution in [1.29, 1.82) is 0 Å². The first-order valence-corrected chi connectivity index (χ1v) is 13.0. The predicted octanol–water partition coefficient (Wildman–Crippen LogP) is 5.54. The van der Waals surface area contributed by atoms with Crippen LogP contribution in [0.25, 0.3) is 0 Å². The van der Waals surface area contributed by atoms with Crippen LogP contribution < -0.4 is 15.4 Å². The molecule has 0 saturated carbocycles. The Balaban J connectivity index is 1.89. The summed E-state index contributed by atoms with van der Waals surface area (Å²) >= 11 is 6.21. The molecule has 0 radical (unpaired) electrons. The number of nitrogens with one attached hydrogen (secondary N) is 3. The second-order valence-corrected chi connectivity index (χ2v) is 10.4. The zero-order valence-electron chi connectivity index (χ0n) is 20.0. The fourth-order valence-electron chi connectivity index (χ4n) is 3.28. The second-order valence-electron chi connectivity index (χ2n) is 8.35. The molecule has 9 heteroatoms. The van der Waals surface area contributed by atoms with Gasteiger partial charge in [-0.25, -0.2) is 8.42 Å². The number of para-hydroxylation sites is 1. The van der Waals surface area contributed by atoms with Gasteiger partial charge in [-0.2, -0.15) is 0 Å². The molecule has 0 aromatic heterocycles. The van der Waals surface area contributed by atoms with E-state index in [2.05, 4.69) is 15.4 Å². The molecular weight excluding hydrogens is 486 g/mol. The quantitative estimate of drug-likeness (QED) is 0.368.